The van der Waals surface area contributed by atoms with Gasteiger partial charge in [-0.3, -0.25) is 0 Å². The number of aryl methyl sites for hydroxylation is 2. The van der Waals surface area contributed by atoms with Crippen LogP contribution in [0.1, 0.15) is 49.0 Å². The Morgan fingerprint density at radius 1 is 1.07 bits per heavy atom. The van der Waals surface area contributed by atoms with E-state index in [2.05, 4.69) is 15.3 Å². The summed E-state index contributed by atoms with van der Waals surface area (Å²) in [5, 5.41) is 4.55. The zero-order chi connectivity index (χ0) is 19.8. The van der Waals surface area contributed by atoms with Gasteiger partial charge in [-0.25, -0.2) is 22.7 Å². The number of rotatable bonds is 4. The highest BCUT2D eigenvalue weighted by Crippen LogP contribution is 2.38. The van der Waals surface area contributed by atoms with E-state index in [9.17, 15) is 8.42 Å². The predicted molar refractivity (Wildman–Crippen MR) is 115 cm³/mol. The zero-order valence-corrected chi connectivity index (χ0v) is 18.2. The van der Waals surface area contributed by atoms with Gasteiger partial charge in [-0.05, 0) is 56.9 Å². The fourth-order valence-electron chi connectivity index (χ4n) is 4.83. The van der Waals surface area contributed by atoms with Crippen molar-refractivity contribution < 1.29 is 13.2 Å². The number of hydrogen-bond donors (Lipinski definition) is 1. The van der Waals surface area contributed by atoms with Crippen molar-refractivity contribution in [2.45, 2.75) is 62.7 Å². The standard InChI is InChI=1S/C20H28N4O3S2/c25-29(26,15-7-11-27-12-8-15)24-9-5-14(6-10-24)23-19-18-16-3-1-2-4-17(16)28-20(18)22-13-21-19/h13-15H,1-12H2,(H,21,22,23). The van der Waals surface area contributed by atoms with Crippen LogP contribution in [-0.2, 0) is 27.6 Å². The fraction of sp³-hybridized carbons (Fsp3) is 0.700. The van der Waals surface area contributed by atoms with Crippen LogP contribution in [0.4, 0.5) is 5.82 Å². The topological polar surface area (TPSA) is 84.4 Å². The first kappa shape index (κ1) is 19.7. The van der Waals surface area contributed by atoms with Crippen LogP contribution in [0.2, 0.25) is 0 Å². The van der Waals surface area contributed by atoms with E-state index in [1.54, 1.807) is 22.0 Å². The first-order valence-corrected chi connectivity index (χ1v) is 13.0. The van der Waals surface area contributed by atoms with Crippen molar-refractivity contribution in [3.8, 4) is 0 Å². The maximum atomic E-state index is 12.9. The predicted octanol–water partition coefficient (Wildman–Crippen LogP) is 2.96. The van der Waals surface area contributed by atoms with Crippen LogP contribution in [0.15, 0.2) is 6.33 Å². The van der Waals surface area contributed by atoms with Gasteiger partial charge in [-0.1, -0.05) is 0 Å². The van der Waals surface area contributed by atoms with Crippen LogP contribution < -0.4 is 5.32 Å². The normalized spacial score (nSPS) is 22.6. The summed E-state index contributed by atoms with van der Waals surface area (Å²) < 4.78 is 32.9. The minimum Gasteiger partial charge on any atom is -0.381 e. The van der Waals surface area contributed by atoms with E-state index in [0.717, 1.165) is 36.3 Å². The maximum absolute atomic E-state index is 12.9. The van der Waals surface area contributed by atoms with Crippen LogP contribution in [0.25, 0.3) is 10.2 Å². The highest BCUT2D eigenvalue weighted by Gasteiger charge is 2.35. The van der Waals surface area contributed by atoms with Crippen molar-refractivity contribution in [1.82, 2.24) is 14.3 Å². The van der Waals surface area contributed by atoms with E-state index in [4.69, 9.17) is 4.74 Å². The monoisotopic (exact) mass is 436 g/mol. The fourth-order valence-corrected chi connectivity index (χ4v) is 7.99. The summed E-state index contributed by atoms with van der Waals surface area (Å²) in [4.78, 5) is 11.6. The van der Waals surface area contributed by atoms with E-state index in [1.807, 2.05) is 0 Å². The number of sulfonamides is 1. The summed E-state index contributed by atoms with van der Waals surface area (Å²) in [6.45, 7) is 2.26. The van der Waals surface area contributed by atoms with Gasteiger partial charge in [0.1, 0.15) is 17.0 Å². The van der Waals surface area contributed by atoms with E-state index < -0.39 is 10.0 Å². The number of nitrogens with zero attached hydrogens (tertiary/aromatic N) is 3. The summed E-state index contributed by atoms with van der Waals surface area (Å²) >= 11 is 1.81. The molecule has 0 radical (unpaired) electrons. The molecule has 1 aliphatic carbocycles. The number of ether oxygens (including phenoxy) is 1. The van der Waals surface area contributed by atoms with Gasteiger partial charge in [0.2, 0.25) is 10.0 Å². The molecule has 0 spiro atoms. The van der Waals surface area contributed by atoms with Gasteiger partial charge in [0, 0.05) is 37.2 Å². The number of nitrogens with one attached hydrogen (secondary N) is 1. The highest BCUT2D eigenvalue weighted by atomic mass is 32.2. The number of aromatic nitrogens is 2. The molecule has 1 N–H and O–H groups in total. The third-order valence-corrected chi connectivity index (χ3v) is 10.1. The van der Waals surface area contributed by atoms with Gasteiger partial charge < -0.3 is 10.1 Å². The van der Waals surface area contributed by atoms with Crippen molar-refractivity contribution in [3.05, 3.63) is 16.8 Å². The lowest BCUT2D eigenvalue weighted by atomic mass is 9.97. The van der Waals surface area contributed by atoms with E-state index in [-0.39, 0.29) is 11.3 Å². The lowest BCUT2D eigenvalue weighted by Crippen LogP contribution is -2.47. The van der Waals surface area contributed by atoms with Crippen molar-refractivity contribution in [1.29, 1.82) is 0 Å². The zero-order valence-electron chi connectivity index (χ0n) is 16.6. The molecule has 2 fully saturated rings. The lowest BCUT2D eigenvalue weighted by molar-refractivity contribution is 0.0969. The molecule has 7 nitrogen and oxygen atoms in total. The molecule has 0 atom stereocenters. The molecule has 29 heavy (non-hydrogen) atoms. The van der Waals surface area contributed by atoms with Crippen LogP contribution in [-0.4, -0.2) is 60.3 Å². The maximum Gasteiger partial charge on any atom is 0.217 e. The van der Waals surface area contributed by atoms with Crippen molar-refractivity contribution >= 4 is 37.4 Å². The average Bonchev–Trinajstić information content (AvgIpc) is 3.14. The van der Waals surface area contributed by atoms with Gasteiger partial charge in [-0.15, -0.1) is 11.3 Å². The molecule has 4 heterocycles. The van der Waals surface area contributed by atoms with Crippen LogP contribution in [0, 0.1) is 0 Å². The molecule has 2 aromatic heterocycles. The Hall–Kier alpha value is -1.29. The third-order valence-electron chi connectivity index (χ3n) is 6.50. The summed E-state index contributed by atoms with van der Waals surface area (Å²) in [5.74, 6) is 0.931. The molecule has 0 saturated carbocycles. The number of piperidine rings is 1. The summed E-state index contributed by atoms with van der Waals surface area (Å²) in [7, 11) is -3.22. The number of anilines is 1. The highest BCUT2D eigenvalue weighted by molar-refractivity contribution is 7.89. The second-order valence-corrected chi connectivity index (χ2v) is 11.6. The molecular formula is C20H28N4O3S2. The Morgan fingerprint density at radius 2 is 1.83 bits per heavy atom. The second-order valence-electron chi connectivity index (χ2n) is 8.29. The van der Waals surface area contributed by atoms with Gasteiger partial charge in [0.25, 0.3) is 0 Å². The van der Waals surface area contributed by atoms with Crippen LogP contribution in [0.5, 0.6) is 0 Å². The Labute approximate surface area is 175 Å². The summed E-state index contributed by atoms with van der Waals surface area (Å²) in [6, 6.07) is 0.244. The molecular weight excluding hydrogens is 408 g/mol. The minimum atomic E-state index is -3.22. The van der Waals surface area contributed by atoms with E-state index in [0.29, 0.717) is 39.1 Å². The molecule has 9 heteroatoms. The van der Waals surface area contributed by atoms with Crippen molar-refractivity contribution in [3.63, 3.8) is 0 Å². The van der Waals surface area contributed by atoms with Gasteiger partial charge in [-0.2, -0.15) is 0 Å². The SMILES string of the molecule is O=S(=O)(C1CCOCC1)N1CCC(Nc2ncnc3sc4c(c23)CCCC4)CC1. The lowest BCUT2D eigenvalue weighted by Gasteiger charge is -2.35. The minimum absolute atomic E-state index is 0.244. The van der Waals surface area contributed by atoms with Gasteiger partial charge in [0.05, 0.1) is 10.6 Å². The first-order chi connectivity index (χ1) is 14.1. The van der Waals surface area contributed by atoms with E-state index in [1.165, 1.54) is 28.7 Å². The molecule has 0 bridgehead atoms. The first-order valence-electron chi connectivity index (χ1n) is 10.7. The van der Waals surface area contributed by atoms with Crippen molar-refractivity contribution in [2.24, 2.45) is 0 Å². The number of fused-ring (bicyclic) bond motifs is 3. The molecule has 5 rings (SSSR count). The molecule has 158 valence electrons. The number of hydrogen-bond acceptors (Lipinski definition) is 7. The molecule has 2 aromatic rings. The Morgan fingerprint density at radius 3 is 2.62 bits per heavy atom. The Bertz CT molecular complexity index is 977. The molecule has 0 amide bonds. The van der Waals surface area contributed by atoms with Crippen LogP contribution >= 0.6 is 11.3 Å². The van der Waals surface area contributed by atoms with E-state index >= 15 is 0 Å². The summed E-state index contributed by atoms with van der Waals surface area (Å²) in [5.41, 5.74) is 1.43. The smallest absolute Gasteiger partial charge is 0.217 e. The molecule has 0 aromatic carbocycles. The quantitative estimate of drug-likeness (QED) is 0.793. The van der Waals surface area contributed by atoms with Gasteiger partial charge >= 0.3 is 0 Å². The second kappa shape index (κ2) is 8.09. The molecule has 2 aliphatic heterocycles. The molecule has 2 saturated heterocycles. The largest absolute Gasteiger partial charge is 0.381 e. The Balaban J connectivity index is 1.28. The van der Waals surface area contributed by atoms with Gasteiger partial charge in [0.15, 0.2) is 0 Å². The molecule has 0 unspecified atom stereocenters. The third kappa shape index (κ3) is 3.78. The van der Waals surface area contributed by atoms with Crippen LogP contribution in [0.3, 0.4) is 0 Å². The Kier molecular flexibility index (Phi) is 5.49. The van der Waals surface area contributed by atoms with Crippen molar-refractivity contribution in [2.75, 3.05) is 31.6 Å². The summed E-state index contributed by atoms with van der Waals surface area (Å²) in [6.07, 6.45) is 9.24. The molecule has 3 aliphatic rings. The average molecular weight is 437 g/mol. The number of thiophene rings is 1.